The van der Waals surface area contributed by atoms with Gasteiger partial charge in [-0.15, -0.1) is 0 Å². The number of sulfonamides is 1. The molecule has 3 N–H and O–H groups in total. The smallest absolute Gasteiger partial charge is 0.241 e. The number of halogens is 1. The zero-order valence-corrected chi connectivity index (χ0v) is 13.6. The van der Waals surface area contributed by atoms with Crippen molar-refractivity contribution in [2.45, 2.75) is 30.9 Å². The van der Waals surface area contributed by atoms with Crippen LogP contribution in [-0.4, -0.2) is 27.7 Å². The van der Waals surface area contributed by atoms with Crippen molar-refractivity contribution in [3.8, 4) is 0 Å². The highest BCUT2D eigenvalue weighted by Gasteiger charge is 2.23. The van der Waals surface area contributed by atoms with Gasteiger partial charge in [0.1, 0.15) is 0 Å². The molecule has 0 spiro atoms. The molecule has 0 atom stereocenters. The zero-order chi connectivity index (χ0) is 14.7. The quantitative estimate of drug-likeness (QED) is 0.816. The fraction of sp³-hybridized carbons (Fsp3) is 0.500. The number of rotatable bonds is 6. The van der Waals surface area contributed by atoms with E-state index in [1.54, 1.807) is 19.2 Å². The third kappa shape index (κ3) is 4.54. The zero-order valence-electron chi connectivity index (χ0n) is 11.2. The maximum absolute atomic E-state index is 12.2. The molecule has 1 rings (SSSR count). The second kappa shape index (κ2) is 6.32. The summed E-state index contributed by atoms with van der Waals surface area (Å²) in [7, 11) is -2.03. The van der Waals surface area contributed by atoms with Gasteiger partial charge in [-0.05, 0) is 47.5 Å². The molecule has 0 fully saturated rings. The summed E-state index contributed by atoms with van der Waals surface area (Å²) in [5, 5.41) is 0. The summed E-state index contributed by atoms with van der Waals surface area (Å²) in [5.74, 6) is 0. The van der Waals surface area contributed by atoms with Gasteiger partial charge >= 0.3 is 0 Å². The summed E-state index contributed by atoms with van der Waals surface area (Å²) in [4.78, 5) is 0.191. The molecule has 5 nitrogen and oxygen atoms in total. The van der Waals surface area contributed by atoms with E-state index in [0.29, 0.717) is 11.0 Å². The normalized spacial score (nSPS) is 12.7. The van der Waals surface area contributed by atoms with Crippen molar-refractivity contribution in [2.75, 3.05) is 13.7 Å². The molecule has 0 saturated heterocycles. The van der Waals surface area contributed by atoms with Gasteiger partial charge in [0.2, 0.25) is 10.0 Å². The topological polar surface area (TPSA) is 81.4 Å². The maximum Gasteiger partial charge on any atom is 0.241 e. The largest absolute Gasteiger partial charge is 0.377 e. The number of nitrogens with one attached hydrogen (secondary N) is 1. The number of hydrogen-bond donors (Lipinski definition) is 2. The molecule has 0 aliphatic heterocycles. The minimum absolute atomic E-state index is 0.191. The first-order chi connectivity index (χ1) is 8.72. The van der Waals surface area contributed by atoms with Crippen LogP contribution in [0.5, 0.6) is 0 Å². The summed E-state index contributed by atoms with van der Waals surface area (Å²) in [6, 6.07) is 4.94. The van der Waals surface area contributed by atoms with E-state index in [1.165, 1.54) is 6.07 Å². The van der Waals surface area contributed by atoms with Gasteiger partial charge in [0.05, 0.1) is 10.5 Å². The van der Waals surface area contributed by atoms with Crippen molar-refractivity contribution >= 4 is 26.0 Å². The highest BCUT2D eigenvalue weighted by atomic mass is 79.9. The second-order valence-corrected chi connectivity index (χ2v) is 7.35. The number of nitrogens with two attached hydrogens (primary N) is 1. The Morgan fingerprint density at radius 2 is 2.05 bits per heavy atom. The number of benzene rings is 1. The van der Waals surface area contributed by atoms with Gasteiger partial charge in [-0.1, -0.05) is 6.07 Å². The van der Waals surface area contributed by atoms with Gasteiger partial charge in [-0.2, -0.15) is 0 Å². The van der Waals surface area contributed by atoms with E-state index in [9.17, 15) is 8.42 Å². The first kappa shape index (κ1) is 16.6. The van der Waals surface area contributed by atoms with E-state index in [0.717, 1.165) is 5.56 Å². The molecule has 0 amide bonds. The number of ether oxygens (including phenoxy) is 1. The average molecular weight is 351 g/mol. The van der Waals surface area contributed by atoms with Crippen molar-refractivity contribution in [3.63, 3.8) is 0 Å². The van der Waals surface area contributed by atoms with E-state index in [4.69, 9.17) is 10.5 Å². The number of hydrogen-bond acceptors (Lipinski definition) is 4. The van der Waals surface area contributed by atoms with Crippen LogP contribution >= 0.6 is 15.9 Å². The van der Waals surface area contributed by atoms with Crippen molar-refractivity contribution in [1.29, 1.82) is 0 Å². The van der Waals surface area contributed by atoms with Gasteiger partial charge in [-0.25, -0.2) is 13.1 Å². The molecule has 0 heterocycles. The van der Waals surface area contributed by atoms with Crippen LogP contribution in [0, 0.1) is 0 Å². The van der Waals surface area contributed by atoms with E-state index in [1.807, 2.05) is 13.8 Å². The molecule has 1 aromatic carbocycles. The molecule has 0 saturated carbocycles. The van der Waals surface area contributed by atoms with Gasteiger partial charge in [0.15, 0.2) is 0 Å². The Morgan fingerprint density at radius 3 is 2.53 bits per heavy atom. The summed E-state index contributed by atoms with van der Waals surface area (Å²) in [6.07, 6.45) is 0. The van der Waals surface area contributed by atoms with E-state index < -0.39 is 15.6 Å². The lowest BCUT2D eigenvalue weighted by molar-refractivity contribution is 0.0276. The Hall–Kier alpha value is -0.470. The fourth-order valence-corrected chi connectivity index (χ4v) is 3.63. The summed E-state index contributed by atoms with van der Waals surface area (Å²) in [5.41, 5.74) is 5.81. The third-order valence-electron chi connectivity index (χ3n) is 2.76. The SMILES string of the molecule is COC(C)(C)CNS(=O)(=O)c1ccc(CN)cc1Br. The highest BCUT2D eigenvalue weighted by molar-refractivity contribution is 9.10. The van der Waals surface area contributed by atoms with Crippen LogP contribution in [0.15, 0.2) is 27.6 Å². The third-order valence-corrected chi connectivity index (χ3v) is 5.14. The Balaban J connectivity index is 2.95. The van der Waals surface area contributed by atoms with Gasteiger partial charge in [-0.3, -0.25) is 0 Å². The minimum atomic E-state index is -3.58. The van der Waals surface area contributed by atoms with Crippen LogP contribution in [0.3, 0.4) is 0 Å². The molecule has 108 valence electrons. The first-order valence-electron chi connectivity index (χ1n) is 5.75. The van der Waals surface area contributed by atoms with Gasteiger partial charge < -0.3 is 10.5 Å². The molecule has 1 aromatic rings. The summed E-state index contributed by atoms with van der Waals surface area (Å²) < 4.78 is 32.6. The molecule has 0 bridgehead atoms. The van der Waals surface area contributed by atoms with Crippen LogP contribution in [0.25, 0.3) is 0 Å². The minimum Gasteiger partial charge on any atom is -0.377 e. The fourth-order valence-electron chi connectivity index (χ4n) is 1.31. The summed E-state index contributed by atoms with van der Waals surface area (Å²) >= 11 is 3.26. The predicted octanol–water partition coefficient (Wildman–Crippen LogP) is 1.61. The second-order valence-electron chi connectivity index (χ2n) is 4.76. The van der Waals surface area contributed by atoms with E-state index in [-0.39, 0.29) is 11.4 Å². The first-order valence-corrected chi connectivity index (χ1v) is 8.03. The molecule has 19 heavy (non-hydrogen) atoms. The lowest BCUT2D eigenvalue weighted by atomic mass is 10.1. The van der Waals surface area contributed by atoms with Crippen molar-refractivity contribution in [3.05, 3.63) is 28.2 Å². The van der Waals surface area contributed by atoms with Crippen LogP contribution in [0.1, 0.15) is 19.4 Å². The predicted molar refractivity (Wildman–Crippen MR) is 78.3 cm³/mol. The molecular weight excluding hydrogens is 332 g/mol. The van der Waals surface area contributed by atoms with Gasteiger partial charge in [0, 0.05) is 24.7 Å². The van der Waals surface area contributed by atoms with E-state index >= 15 is 0 Å². The molecule has 0 aromatic heterocycles. The Bertz CT molecular complexity index is 544. The molecule has 0 radical (unpaired) electrons. The Kier molecular flexibility index (Phi) is 5.52. The molecule has 0 unspecified atom stereocenters. The lowest BCUT2D eigenvalue weighted by Gasteiger charge is -2.23. The Morgan fingerprint density at radius 1 is 1.42 bits per heavy atom. The van der Waals surface area contributed by atoms with Crippen molar-refractivity contribution in [1.82, 2.24) is 4.72 Å². The molecular formula is C12H19BrN2O3S. The van der Waals surface area contributed by atoms with Crippen LogP contribution < -0.4 is 10.5 Å². The molecule has 7 heteroatoms. The maximum atomic E-state index is 12.2. The molecule has 0 aliphatic carbocycles. The standard InChI is InChI=1S/C12H19BrN2O3S/c1-12(2,18-3)8-15-19(16,17)11-5-4-9(7-14)6-10(11)13/h4-6,15H,7-8,14H2,1-3H3. The molecule has 0 aliphatic rings. The van der Waals surface area contributed by atoms with Crippen molar-refractivity contribution < 1.29 is 13.2 Å². The number of methoxy groups -OCH3 is 1. The monoisotopic (exact) mass is 350 g/mol. The lowest BCUT2D eigenvalue weighted by Crippen LogP contribution is -2.39. The summed E-state index contributed by atoms with van der Waals surface area (Å²) in [6.45, 7) is 4.17. The van der Waals surface area contributed by atoms with Crippen molar-refractivity contribution in [2.24, 2.45) is 5.73 Å². The average Bonchev–Trinajstić information content (AvgIpc) is 2.36. The van der Waals surface area contributed by atoms with Crippen LogP contribution in [0.4, 0.5) is 0 Å². The van der Waals surface area contributed by atoms with Gasteiger partial charge in [0.25, 0.3) is 0 Å². The van der Waals surface area contributed by atoms with Crippen LogP contribution in [-0.2, 0) is 21.3 Å². The van der Waals surface area contributed by atoms with E-state index in [2.05, 4.69) is 20.7 Å². The highest BCUT2D eigenvalue weighted by Crippen LogP contribution is 2.23. The Labute approximate surface area is 122 Å². The van der Waals surface area contributed by atoms with Crippen LogP contribution in [0.2, 0.25) is 0 Å².